The van der Waals surface area contributed by atoms with Crippen LogP contribution in [0.25, 0.3) is 16.5 Å². The van der Waals surface area contributed by atoms with Gasteiger partial charge in [0.15, 0.2) is 5.69 Å². The first kappa shape index (κ1) is 19.5. The SMILES string of the molecule is Cc1c(C(=O)NCCN2CCOC(C)(C)C2)nnn1-c1cccc2cnccc12. The van der Waals surface area contributed by atoms with Gasteiger partial charge in [-0.05, 0) is 32.9 Å². The summed E-state index contributed by atoms with van der Waals surface area (Å²) in [5.74, 6) is -0.205. The van der Waals surface area contributed by atoms with E-state index in [9.17, 15) is 4.79 Å². The molecule has 1 aliphatic heterocycles. The number of pyridine rings is 1. The molecule has 1 aliphatic rings. The summed E-state index contributed by atoms with van der Waals surface area (Å²) >= 11 is 0. The molecule has 3 aromatic rings. The maximum absolute atomic E-state index is 12.7. The summed E-state index contributed by atoms with van der Waals surface area (Å²) in [6, 6.07) is 7.85. The molecule has 8 heteroatoms. The molecule has 1 aromatic carbocycles. The Bertz CT molecular complexity index is 1020. The van der Waals surface area contributed by atoms with Crippen molar-refractivity contribution in [1.29, 1.82) is 0 Å². The van der Waals surface area contributed by atoms with Crippen LogP contribution in [0.2, 0.25) is 0 Å². The minimum absolute atomic E-state index is 0.143. The number of amides is 1. The van der Waals surface area contributed by atoms with E-state index in [-0.39, 0.29) is 11.5 Å². The van der Waals surface area contributed by atoms with Crippen LogP contribution < -0.4 is 5.32 Å². The smallest absolute Gasteiger partial charge is 0.273 e. The van der Waals surface area contributed by atoms with Gasteiger partial charge >= 0.3 is 0 Å². The molecule has 1 saturated heterocycles. The lowest BCUT2D eigenvalue weighted by molar-refractivity contribution is -0.0853. The minimum Gasteiger partial charge on any atom is -0.373 e. The van der Waals surface area contributed by atoms with E-state index >= 15 is 0 Å². The van der Waals surface area contributed by atoms with E-state index in [0.29, 0.717) is 17.9 Å². The summed E-state index contributed by atoms with van der Waals surface area (Å²) in [5.41, 5.74) is 1.79. The van der Waals surface area contributed by atoms with Crippen molar-refractivity contribution < 1.29 is 9.53 Å². The zero-order valence-electron chi connectivity index (χ0n) is 17.1. The molecule has 0 bridgehead atoms. The van der Waals surface area contributed by atoms with Gasteiger partial charge in [-0.3, -0.25) is 14.7 Å². The molecule has 0 atom stereocenters. The minimum atomic E-state index is -0.205. The Kier molecular flexibility index (Phi) is 5.29. The molecule has 0 spiro atoms. The van der Waals surface area contributed by atoms with Crippen molar-refractivity contribution >= 4 is 16.7 Å². The van der Waals surface area contributed by atoms with Gasteiger partial charge in [0.1, 0.15) is 0 Å². The highest BCUT2D eigenvalue weighted by Gasteiger charge is 2.27. The molecule has 4 rings (SSSR count). The second kappa shape index (κ2) is 7.88. The van der Waals surface area contributed by atoms with Crippen LogP contribution in [0.5, 0.6) is 0 Å². The van der Waals surface area contributed by atoms with Gasteiger partial charge < -0.3 is 10.1 Å². The normalized spacial score (nSPS) is 16.8. The van der Waals surface area contributed by atoms with E-state index in [0.717, 1.165) is 42.7 Å². The molecule has 29 heavy (non-hydrogen) atoms. The van der Waals surface area contributed by atoms with Crippen LogP contribution >= 0.6 is 0 Å². The number of hydrogen-bond acceptors (Lipinski definition) is 6. The number of aromatic nitrogens is 4. The fourth-order valence-corrected chi connectivity index (χ4v) is 3.77. The van der Waals surface area contributed by atoms with E-state index in [4.69, 9.17) is 4.74 Å². The molecule has 0 radical (unpaired) electrons. The van der Waals surface area contributed by atoms with Crippen molar-refractivity contribution in [1.82, 2.24) is 30.2 Å². The van der Waals surface area contributed by atoms with Gasteiger partial charge in [0, 0.05) is 49.3 Å². The van der Waals surface area contributed by atoms with Crippen LogP contribution in [0.15, 0.2) is 36.7 Å². The monoisotopic (exact) mass is 394 g/mol. The summed E-state index contributed by atoms with van der Waals surface area (Å²) < 4.78 is 7.44. The third-order valence-electron chi connectivity index (χ3n) is 5.21. The molecule has 1 N–H and O–H groups in total. The third-order valence-corrected chi connectivity index (χ3v) is 5.21. The molecule has 0 aliphatic carbocycles. The summed E-state index contributed by atoms with van der Waals surface area (Å²) in [5, 5.41) is 13.4. The summed E-state index contributed by atoms with van der Waals surface area (Å²) in [4.78, 5) is 19.1. The van der Waals surface area contributed by atoms with Crippen molar-refractivity contribution in [2.24, 2.45) is 0 Å². The Labute approximate surface area is 169 Å². The quantitative estimate of drug-likeness (QED) is 0.712. The highest BCUT2D eigenvalue weighted by atomic mass is 16.5. The number of ether oxygens (including phenoxy) is 1. The number of morpholine rings is 1. The number of carbonyl (C=O) groups is 1. The topological polar surface area (TPSA) is 85.2 Å². The van der Waals surface area contributed by atoms with E-state index in [1.165, 1.54) is 0 Å². The van der Waals surface area contributed by atoms with Gasteiger partial charge in [-0.2, -0.15) is 0 Å². The molecular weight excluding hydrogens is 368 g/mol. The van der Waals surface area contributed by atoms with Crippen LogP contribution in [0, 0.1) is 6.92 Å². The zero-order chi connectivity index (χ0) is 20.4. The van der Waals surface area contributed by atoms with Crippen molar-refractivity contribution in [3.05, 3.63) is 48.0 Å². The number of fused-ring (bicyclic) bond motifs is 1. The maximum Gasteiger partial charge on any atom is 0.273 e. The summed E-state index contributed by atoms with van der Waals surface area (Å²) in [6.45, 7) is 9.82. The van der Waals surface area contributed by atoms with Crippen LogP contribution in [-0.4, -0.2) is 69.2 Å². The second-order valence-corrected chi connectivity index (χ2v) is 7.95. The Balaban J connectivity index is 1.45. The summed E-state index contributed by atoms with van der Waals surface area (Å²) in [6.07, 6.45) is 3.56. The van der Waals surface area contributed by atoms with Gasteiger partial charge in [0.2, 0.25) is 0 Å². The number of nitrogens with zero attached hydrogens (tertiary/aromatic N) is 5. The fraction of sp³-hybridized carbons (Fsp3) is 0.429. The lowest BCUT2D eigenvalue weighted by Crippen LogP contribution is -2.50. The predicted molar refractivity (Wildman–Crippen MR) is 110 cm³/mol. The van der Waals surface area contributed by atoms with E-state index in [1.807, 2.05) is 37.4 Å². The first-order valence-corrected chi connectivity index (χ1v) is 9.84. The molecule has 1 fully saturated rings. The standard InChI is InChI=1S/C21H26N6O2/c1-15-19(20(28)23-9-10-26-11-12-29-21(2,3)14-26)24-25-27(15)18-6-4-5-16-13-22-8-7-17(16)18/h4-8,13H,9-12,14H2,1-3H3,(H,23,28). The van der Waals surface area contributed by atoms with Crippen LogP contribution in [0.1, 0.15) is 30.0 Å². The molecule has 152 valence electrons. The van der Waals surface area contributed by atoms with Gasteiger partial charge in [-0.15, -0.1) is 5.10 Å². The highest BCUT2D eigenvalue weighted by Crippen LogP contribution is 2.22. The first-order valence-electron chi connectivity index (χ1n) is 9.84. The Morgan fingerprint density at radius 1 is 1.31 bits per heavy atom. The molecule has 8 nitrogen and oxygen atoms in total. The van der Waals surface area contributed by atoms with Crippen LogP contribution in [0.3, 0.4) is 0 Å². The molecule has 2 aromatic heterocycles. The largest absolute Gasteiger partial charge is 0.373 e. The molecule has 3 heterocycles. The van der Waals surface area contributed by atoms with E-state index < -0.39 is 0 Å². The fourth-order valence-electron chi connectivity index (χ4n) is 3.77. The molecule has 0 saturated carbocycles. The average Bonchev–Trinajstić information content (AvgIpc) is 3.08. The molecule has 0 unspecified atom stereocenters. The Hall–Kier alpha value is -2.84. The maximum atomic E-state index is 12.7. The Morgan fingerprint density at radius 2 is 2.17 bits per heavy atom. The van der Waals surface area contributed by atoms with E-state index in [1.54, 1.807) is 10.9 Å². The lowest BCUT2D eigenvalue weighted by Gasteiger charge is -2.38. The number of nitrogens with one attached hydrogen (secondary N) is 1. The van der Waals surface area contributed by atoms with Gasteiger partial charge in [-0.25, -0.2) is 4.68 Å². The summed E-state index contributed by atoms with van der Waals surface area (Å²) in [7, 11) is 0. The van der Waals surface area contributed by atoms with Crippen molar-refractivity contribution in [3.63, 3.8) is 0 Å². The number of benzene rings is 1. The number of hydrogen-bond donors (Lipinski definition) is 1. The van der Waals surface area contributed by atoms with Crippen LogP contribution in [0.4, 0.5) is 0 Å². The van der Waals surface area contributed by atoms with Crippen molar-refractivity contribution in [2.45, 2.75) is 26.4 Å². The van der Waals surface area contributed by atoms with E-state index in [2.05, 4.69) is 39.4 Å². The highest BCUT2D eigenvalue weighted by molar-refractivity contribution is 5.94. The molecule has 1 amide bonds. The van der Waals surface area contributed by atoms with Crippen molar-refractivity contribution in [2.75, 3.05) is 32.8 Å². The van der Waals surface area contributed by atoms with Gasteiger partial charge in [-0.1, -0.05) is 17.3 Å². The average molecular weight is 394 g/mol. The number of carbonyl (C=O) groups excluding carboxylic acids is 1. The first-order chi connectivity index (χ1) is 13.9. The third kappa shape index (κ3) is 4.13. The van der Waals surface area contributed by atoms with Crippen LogP contribution in [-0.2, 0) is 4.74 Å². The van der Waals surface area contributed by atoms with Gasteiger partial charge in [0.25, 0.3) is 5.91 Å². The van der Waals surface area contributed by atoms with Crippen molar-refractivity contribution in [3.8, 4) is 5.69 Å². The second-order valence-electron chi connectivity index (χ2n) is 7.95. The zero-order valence-corrected chi connectivity index (χ0v) is 17.1. The van der Waals surface area contributed by atoms with Gasteiger partial charge in [0.05, 0.1) is 23.6 Å². The molecular formula is C21H26N6O2. The predicted octanol–water partition coefficient (Wildman–Crippen LogP) is 1.96. The lowest BCUT2D eigenvalue weighted by atomic mass is 10.1. The number of rotatable bonds is 5. The Morgan fingerprint density at radius 3 is 3.00 bits per heavy atom.